The van der Waals surface area contributed by atoms with Gasteiger partial charge in [0.15, 0.2) is 5.82 Å². The van der Waals surface area contributed by atoms with Gasteiger partial charge in [0.25, 0.3) is 0 Å². The Morgan fingerprint density at radius 3 is 2.13 bits per heavy atom. The van der Waals surface area contributed by atoms with Gasteiger partial charge in [-0.15, -0.1) is 10.2 Å². The third kappa shape index (κ3) is 7.92. The number of carbonyl (C=O) groups excluding carboxylic acids is 2. The second kappa shape index (κ2) is 11.9. The van der Waals surface area contributed by atoms with E-state index in [-0.39, 0.29) is 17.8 Å². The SMILES string of the molecule is CCCC(NC(=O)Cc1cc(F)cc(F)c1)C(=O)Nc1ccc(NC(CC)CC)nn1. The van der Waals surface area contributed by atoms with Crippen molar-refractivity contribution in [2.75, 3.05) is 10.6 Å². The van der Waals surface area contributed by atoms with Gasteiger partial charge in [-0.1, -0.05) is 27.2 Å². The van der Waals surface area contributed by atoms with Crippen LogP contribution in [0.3, 0.4) is 0 Å². The maximum Gasteiger partial charge on any atom is 0.248 e. The zero-order chi connectivity index (χ0) is 22.8. The molecule has 2 rings (SSSR count). The molecule has 2 amide bonds. The van der Waals surface area contributed by atoms with Crippen LogP contribution in [0.15, 0.2) is 30.3 Å². The summed E-state index contributed by atoms with van der Waals surface area (Å²) in [6.07, 6.45) is 2.72. The Morgan fingerprint density at radius 2 is 1.58 bits per heavy atom. The average molecular weight is 434 g/mol. The van der Waals surface area contributed by atoms with E-state index in [1.807, 2.05) is 6.92 Å². The molecule has 0 aliphatic rings. The predicted molar refractivity (Wildman–Crippen MR) is 116 cm³/mol. The van der Waals surface area contributed by atoms with E-state index >= 15 is 0 Å². The van der Waals surface area contributed by atoms with Crippen molar-refractivity contribution < 1.29 is 18.4 Å². The van der Waals surface area contributed by atoms with Crippen molar-refractivity contribution >= 4 is 23.5 Å². The molecular weight excluding hydrogens is 404 g/mol. The monoisotopic (exact) mass is 433 g/mol. The molecule has 1 atom stereocenters. The minimum absolute atomic E-state index is 0.192. The topological polar surface area (TPSA) is 96.0 Å². The van der Waals surface area contributed by atoms with Crippen molar-refractivity contribution in [3.05, 3.63) is 47.5 Å². The fraction of sp³-hybridized carbons (Fsp3) is 0.455. The van der Waals surface area contributed by atoms with Crippen LogP contribution in [0.2, 0.25) is 0 Å². The van der Waals surface area contributed by atoms with Crippen LogP contribution < -0.4 is 16.0 Å². The summed E-state index contributed by atoms with van der Waals surface area (Å²) in [5, 5.41) is 16.6. The molecule has 0 spiro atoms. The van der Waals surface area contributed by atoms with Gasteiger partial charge in [-0.3, -0.25) is 9.59 Å². The first-order valence-electron chi connectivity index (χ1n) is 10.5. The Morgan fingerprint density at radius 1 is 0.968 bits per heavy atom. The van der Waals surface area contributed by atoms with E-state index in [1.165, 1.54) is 0 Å². The number of anilines is 2. The number of nitrogens with one attached hydrogen (secondary N) is 3. The number of carbonyl (C=O) groups is 2. The molecule has 31 heavy (non-hydrogen) atoms. The van der Waals surface area contributed by atoms with Crippen LogP contribution in [0, 0.1) is 11.6 Å². The highest BCUT2D eigenvalue weighted by Crippen LogP contribution is 2.12. The lowest BCUT2D eigenvalue weighted by molar-refractivity contribution is -0.126. The van der Waals surface area contributed by atoms with Crippen molar-refractivity contribution in [3.8, 4) is 0 Å². The van der Waals surface area contributed by atoms with Gasteiger partial charge in [0, 0.05) is 12.1 Å². The molecule has 7 nitrogen and oxygen atoms in total. The highest BCUT2D eigenvalue weighted by atomic mass is 19.1. The van der Waals surface area contributed by atoms with Gasteiger partial charge in [-0.25, -0.2) is 8.78 Å². The van der Waals surface area contributed by atoms with Crippen LogP contribution in [0.4, 0.5) is 20.4 Å². The molecule has 0 saturated carbocycles. The maximum atomic E-state index is 13.3. The average Bonchev–Trinajstić information content (AvgIpc) is 2.72. The molecule has 0 aliphatic heterocycles. The Hall–Kier alpha value is -3.10. The van der Waals surface area contributed by atoms with Crippen LogP contribution in [0.1, 0.15) is 52.0 Å². The van der Waals surface area contributed by atoms with E-state index in [0.717, 1.165) is 31.0 Å². The molecule has 1 unspecified atom stereocenters. The second-order valence-corrected chi connectivity index (χ2v) is 7.31. The van der Waals surface area contributed by atoms with E-state index in [2.05, 4.69) is 40.0 Å². The van der Waals surface area contributed by atoms with Gasteiger partial charge in [-0.2, -0.15) is 0 Å². The zero-order valence-corrected chi connectivity index (χ0v) is 18.0. The molecule has 0 radical (unpaired) electrons. The van der Waals surface area contributed by atoms with E-state index in [1.54, 1.807) is 12.1 Å². The lowest BCUT2D eigenvalue weighted by atomic mass is 10.1. The third-order valence-corrected chi connectivity index (χ3v) is 4.77. The van der Waals surface area contributed by atoms with Gasteiger partial charge < -0.3 is 16.0 Å². The highest BCUT2D eigenvalue weighted by molar-refractivity contribution is 5.96. The number of amides is 2. The van der Waals surface area contributed by atoms with Crippen LogP contribution in [0.5, 0.6) is 0 Å². The first-order valence-corrected chi connectivity index (χ1v) is 10.5. The molecule has 1 aromatic heterocycles. The smallest absolute Gasteiger partial charge is 0.248 e. The Kier molecular flexibility index (Phi) is 9.30. The van der Waals surface area contributed by atoms with Crippen molar-refractivity contribution in [1.82, 2.24) is 15.5 Å². The van der Waals surface area contributed by atoms with Crippen LogP contribution in [-0.4, -0.2) is 34.1 Å². The first-order chi connectivity index (χ1) is 14.8. The van der Waals surface area contributed by atoms with E-state index in [9.17, 15) is 18.4 Å². The van der Waals surface area contributed by atoms with E-state index < -0.39 is 29.5 Å². The van der Waals surface area contributed by atoms with Crippen molar-refractivity contribution in [2.24, 2.45) is 0 Å². The maximum absolute atomic E-state index is 13.3. The lowest BCUT2D eigenvalue weighted by Crippen LogP contribution is -2.44. The summed E-state index contributed by atoms with van der Waals surface area (Å²) < 4.78 is 26.6. The van der Waals surface area contributed by atoms with Gasteiger partial charge in [0.05, 0.1) is 6.42 Å². The Bertz CT molecular complexity index is 852. The lowest BCUT2D eigenvalue weighted by Gasteiger charge is -2.18. The van der Waals surface area contributed by atoms with Crippen LogP contribution in [0.25, 0.3) is 0 Å². The molecule has 168 valence electrons. The minimum atomic E-state index is -0.805. The van der Waals surface area contributed by atoms with Crippen molar-refractivity contribution in [3.63, 3.8) is 0 Å². The molecule has 3 N–H and O–H groups in total. The molecule has 9 heteroatoms. The van der Waals surface area contributed by atoms with Crippen molar-refractivity contribution in [2.45, 2.75) is 65.0 Å². The van der Waals surface area contributed by atoms with Crippen molar-refractivity contribution in [1.29, 1.82) is 0 Å². The summed E-state index contributed by atoms with van der Waals surface area (Å²) in [6, 6.07) is 5.77. The minimum Gasteiger partial charge on any atom is -0.366 e. The summed E-state index contributed by atoms with van der Waals surface area (Å²) >= 11 is 0. The molecular formula is C22H29F2N5O2. The fourth-order valence-corrected chi connectivity index (χ4v) is 3.09. The highest BCUT2D eigenvalue weighted by Gasteiger charge is 2.21. The van der Waals surface area contributed by atoms with Gasteiger partial charge >= 0.3 is 0 Å². The summed E-state index contributed by atoms with van der Waals surface area (Å²) in [6.45, 7) is 6.04. The first kappa shape index (κ1) is 24.2. The Labute approximate surface area is 181 Å². The number of hydrogen-bond donors (Lipinski definition) is 3. The predicted octanol–water partition coefficient (Wildman–Crippen LogP) is 3.82. The number of hydrogen-bond acceptors (Lipinski definition) is 5. The van der Waals surface area contributed by atoms with Crippen LogP contribution >= 0.6 is 0 Å². The van der Waals surface area contributed by atoms with Crippen LogP contribution in [-0.2, 0) is 16.0 Å². The van der Waals surface area contributed by atoms with Gasteiger partial charge in [0.2, 0.25) is 11.8 Å². The van der Waals surface area contributed by atoms with Gasteiger partial charge in [-0.05, 0) is 49.1 Å². The van der Waals surface area contributed by atoms with E-state index in [0.29, 0.717) is 24.7 Å². The summed E-state index contributed by atoms with van der Waals surface area (Å²) in [5.41, 5.74) is 0.192. The fourth-order valence-electron chi connectivity index (χ4n) is 3.09. The zero-order valence-electron chi connectivity index (χ0n) is 18.0. The third-order valence-electron chi connectivity index (χ3n) is 4.77. The summed E-state index contributed by atoms with van der Waals surface area (Å²) in [7, 11) is 0. The number of halogens is 2. The molecule has 2 aromatic rings. The molecule has 0 bridgehead atoms. The van der Waals surface area contributed by atoms with Gasteiger partial charge in [0.1, 0.15) is 23.5 Å². The van der Waals surface area contributed by atoms with E-state index in [4.69, 9.17) is 0 Å². The molecule has 1 heterocycles. The quantitative estimate of drug-likeness (QED) is 0.501. The number of nitrogens with zero attached hydrogens (tertiary/aromatic N) is 2. The normalized spacial score (nSPS) is 11.8. The largest absolute Gasteiger partial charge is 0.366 e. The standard InChI is InChI=1S/C22H29F2N5O2/c1-4-7-18(26-21(30)12-14-10-15(23)13-16(24)11-14)22(31)27-20-9-8-19(28-29-20)25-17(5-2)6-3/h8-11,13,17-18H,4-7,12H2,1-3H3,(H,25,28)(H,26,30)(H,27,29,31). The number of aromatic nitrogens is 2. The number of rotatable bonds is 11. The summed E-state index contributed by atoms with van der Waals surface area (Å²) in [4.78, 5) is 24.9. The molecule has 0 saturated heterocycles. The summed E-state index contributed by atoms with van der Waals surface area (Å²) in [5.74, 6) is -1.57. The molecule has 1 aromatic carbocycles. The molecule has 0 fully saturated rings. The molecule has 0 aliphatic carbocycles. The Balaban J connectivity index is 1.97. The number of benzene rings is 1. The second-order valence-electron chi connectivity index (χ2n) is 7.31.